The van der Waals surface area contributed by atoms with Crippen molar-refractivity contribution in [3.8, 4) is 11.6 Å². The van der Waals surface area contributed by atoms with Crippen molar-refractivity contribution < 1.29 is 46.6 Å². The summed E-state index contributed by atoms with van der Waals surface area (Å²) in [5.74, 6) is 0.961. The molecule has 1 amide bonds. The van der Waals surface area contributed by atoms with Gasteiger partial charge in [-0.2, -0.15) is 16.3 Å². The highest BCUT2D eigenvalue weighted by atomic mass is 32.2. The maximum atomic E-state index is 15.5. The molecule has 0 bridgehead atoms. The molecule has 2 aromatic carbocycles. The molecule has 6 fully saturated rings. The first-order chi connectivity index (χ1) is 41.9. The van der Waals surface area contributed by atoms with Crippen LogP contribution in [0.15, 0.2) is 76.6 Å². The highest BCUT2D eigenvalue weighted by Crippen LogP contribution is 2.54. The van der Waals surface area contributed by atoms with Gasteiger partial charge in [0.1, 0.15) is 28.9 Å². The number of nitro groups is 1. The first kappa shape index (κ1) is 59.3. The Hall–Kier alpha value is -6.67. The number of amides is 1. The third-order valence-corrected chi connectivity index (χ3v) is 21.8. The highest BCUT2D eigenvalue weighted by molar-refractivity contribution is 7.90. The number of methoxy groups -OCH3 is 1. The number of hydrogen-bond acceptors (Lipinski definition) is 19. The summed E-state index contributed by atoms with van der Waals surface area (Å²) in [4.78, 5) is 50.6. The van der Waals surface area contributed by atoms with E-state index in [4.69, 9.17) is 28.9 Å². The molecule has 3 atom stereocenters. The number of halogens is 1. The summed E-state index contributed by atoms with van der Waals surface area (Å²) in [5, 5.41) is 31.0. The van der Waals surface area contributed by atoms with Gasteiger partial charge >= 0.3 is 0 Å². The number of morpholine rings is 1. The third-order valence-electron chi connectivity index (χ3n) is 19.7. The van der Waals surface area contributed by atoms with Gasteiger partial charge in [0.25, 0.3) is 21.6 Å². The molecule has 21 nitrogen and oxygen atoms in total. The van der Waals surface area contributed by atoms with Crippen LogP contribution in [0.25, 0.3) is 11.0 Å². The Morgan fingerprint density at radius 3 is 2.52 bits per heavy atom. The first-order valence-corrected chi connectivity index (χ1v) is 33.2. The number of hydrogen-bond donors (Lipinski definition) is 4. The van der Waals surface area contributed by atoms with E-state index >= 15 is 4.39 Å². The Morgan fingerprint density at radius 2 is 1.76 bits per heavy atom. The van der Waals surface area contributed by atoms with Crippen LogP contribution in [0.2, 0.25) is 0 Å². The molecule has 1 spiro atoms. The Balaban J connectivity index is 0.745. The molecule has 2 saturated carbocycles. The minimum absolute atomic E-state index is 0.0172. The number of nitrogens with zero attached hydrogens (tertiary/aromatic N) is 8. The number of thiophene rings is 1. The van der Waals surface area contributed by atoms with Crippen LogP contribution in [0, 0.1) is 27.3 Å². The number of carbonyl (C=O) groups is 1. The van der Waals surface area contributed by atoms with Crippen LogP contribution < -0.4 is 34.2 Å². The zero-order valence-corrected chi connectivity index (χ0v) is 51.5. The topological polar surface area (TPSA) is 233 Å². The molecule has 9 heterocycles. The van der Waals surface area contributed by atoms with Crippen LogP contribution in [-0.2, 0) is 26.0 Å². The van der Waals surface area contributed by atoms with Crippen LogP contribution >= 0.6 is 11.3 Å². The summed E-state index contributed by atoms with van der Waals surface area (Å²) in [6, 6.07) is 13.0. The maximum Gasteiger partial charge on any atom is 0.293 e. The SMILES string of the molecule is COc1cc(CN2CCN(C3CC4(CCN(c5ccc(C(=O)NS(=O)(=O)c6ccc(NCC7CCC(C)(O)CC7)c([N+](=O)[O-])c6)c(N6c7cc8c(F)c[nH]c8nc7O[C@H]7COCC[C@@H]76)c5)CC4)C3)[C@H](c3cscc3C(C)C)C2)cnc1N1CCOCC1. The second kappa shape index (κ2) is 24.0. The number of nitro benzene ring substituents is 1. The van der Waals surface area contributed by atoms with Crippen molar-refractivity contribution in [1.29, 1.82) is 0 Å². The van der Waals surface area contributed by atoms with Gasteiger partial charge in [0.2, 0.25) is 5.88 Å². The molecule has 24 heteroatoms. The van der Waals surface area contributed by atoms with Crippen molar-refractivity contribution in [2.24, 2.45) is 11.3 Å². The first-order valence-electron chi connectivity index (χ1n) is 30.7. The number of benzene rings is 2. The smallest absolute Gasteiger partial charge is 0.293 e. The normalized spacial score (nSPS) is 24.6. The standard InChI is InChI=1S/C63H78FN11O10S2/c1-39(2)47-37-86-38-48(47)55-35-70(34-41-25-56(82-4)59(67-32-41)72-20-23-83-24-21-72)18-19-73(55)43-29-63(30-43)14-16-71(17-15-63)42-5-7-45(52(26-42)74-51-11-22-84-36-57(51)85-61-54(74)28-46-49(64)33-66-58(46)68-61)60(76)69-87(80,81)44-6-8-50(53(27-44)75(78)79)65-31-40-9-12-62(3,77)13-10-40/h5-8,25-28,32-33,37-40,43,51,55,57,65,77H,9-24,29-31,34-36H2,1-4H3,(H,66,68)(H,69,76)/t40?,51-,55-,57-,62?/m0/s1. The number of carbonyl (C=O) groups excluding carboxylic acids is 1. The van der Waals surface area contributed by atoms with Crippen LogP contribution in [0.5, 0.6) is 11.6 Å². The fraction of sp³-hybridized carbons (Fsp3) is 0.540. The Labute approximate surface area is 510 Å². The van der Waals surface area contributed by atoms with Crippen LogP contribution in [0.1, 0.15) is 118 Å². The molecule has 13 rings (SSSR count). The second-order valence-electron chi connectivity index (χ2n) is 25.6. The van der Waals surface area contributed by atoms with E-state index in [-0.39, 0.29) is 52.1 Å². The predicted octanol–water partition coefficient (Wildman–Crippen LogP) is 9.50. The van der Waals surface area contributed by atoms with Crippen LogP contribution in [-0.4, -0.2) is 159 Å². The quantitative estimate of drug-likeness (QED) is 0.0522. The molecular formula is C63H78FN11O10S2. The fourth-order valence-electron chi connectivity index (χ4n) is 14.6. The van der Waals surface area contributed by atoms with Crippen molar-refractivity contribution >= 4 is 72.6 Å². The van der Waals surface area contributed by atoms with Crippen molar-refractivity contribution in [2.75, 3.05) is 106 Å². The van der Waals surface area contributed by atoms with Gasteiger partial charge in [-0.1, -0.05) is 13.8 Å². The van der Waals surface area contributed by atoms with E-state index in [0.29, 0.717) is 69.0 Å². The number of rotatable bonds is 16. The largest absolute Gasteiger partial charge is 0.493 e. The summed E-state index contributed by atoms with van der Waals surface area (Å²) < 4.78 is 70.2. The number of aliphatic hydroxyl groups is 1. The lowest BCUT2D eigenvalue weighted by atomic mass is 9.59. The zero-order valence-electron chi connectivity index (χ0n) is 49.8. The number of piperidine rings is 1. The van der Waals surface area contributed by atoms with Crippen LogP contribution in [0.3, 0.4) is 0 Å². The molecular weight excluding hydrogens is 1150 g/mol. The van der Waals surface area contributed by atoms with E-state index in [1.165, 1.54) is 29.5 Å². The van der Waals surface area contributed by atoms with Crippen molar-refractivity contribution in [3.63, 3.8) is 0 Å². The monoisotopic (exact) mass is 1230 g/mol. The Bertz CT molecular complexity index is 3640. The lowest BCUT2D eigenvalue weighted by Gasteiger charge is -2.58. The van der Waals surface area contributed by atoms with E-state index in [9.17, 15) is 28.4 Å². The van der Waals surface area contributed by atoms with Gasteiger partial charge in [-0.05, 0) is 152 Å². The molecule has 4 N–H and O–H groups in total. The molecule has 87 heavy (non-hydrogen) atoms. The van der Waals surface area contributed by atoms with E-state index in [1.807, 2.05) is 30.2 Å². The fourth-order valence-corrected chi connectivity index (χ4v) is 16.7. The lowest BCUT2D eigenvalue weighted by Crippen LogP contribution is -2.59. The Kier molecular flexibility index (Phi) is 16.4. The number of ether oxygens (including phenoxy) is 4. The van der Waals surface area contributed by atoms with Crippen molar-refractivity contribution in [2.45, 2.75) is 126 Å². The molecule has 0 radical (unpaired) electrons. The summed E-state index contributed by atoms with van der Waals surface area (Å²) in [6.45, 7) is 15.4. The molecule has 0 unspecified atom stereocenters. The van der Waals surface area contributed by atoms with E-state index in [2.05, 4.69) is 65.3 Å². The highest BCUT2D eigenvalue weighted by Gasteiger charge is 2.51. The third kappa shape index (κ3) is 11.9. The number of aromatic nitrogens is 3. The predicted molar refractivity (Wildman–Crippen MR) is 331 cm³/mol. The number of anilines is 5. The molecule has 2 aliphatic carbocycles. The summed E-state index contributed by atoms with van der Waals surface area (Å²) in [5.41, 5.74) is 5.02. The van der Waals surface area contributed by atoms with Gasteiger partial charge in [0.05, 0.1) is 65.0 Å². The zero-order chi connectivity index (χ0) is 60.4. The van der Waals surface area contributed by atoms with Gasteiger partial charge in [-0.25, -0.2) is 22.5 Å². The summed E-state index contributed by atoms with van der Waals surface area (Å²) >= 11 is 1.79. The molecule has 7 aliphatic rings. The van der Waals surface area contributed by atoms with Gasteiger partial charge in [-0.15, -0.1) is 0 Å². The number of sulfonamides is 1. The Morgan fingerprint density at radius 1 is 0.966 bits per heavy atom. The number of nitrogens with one attached hydrogen (secondary N) is 3. The van der Waals surface area contributed by atoms with Gasteiger partial charge < -0.3 is 49.1 Å². The van der Waals surface area contributed by atoms with Crippen molar-refractivity contribution in [3.05, 3.63) is 110 Å². The minimum atomic E-state index is -4.70. The van der Waals surface area contributed by atoms with Crippen LogP contribution in [0.4, 0.5) is 38.6 Å². The number of pyridine rings is 2. The lowest BCUT2D eigenvalue weighted by molar-refractivity contribution is -0.384. The number of piperazine rings is 1. The van der Waals surface area contributed by atoms with E-state index < -0.39 is 55.0 Å². The average Bonchev–Trinajstić information content (AvgIpc) is 1.56. The number of aromatic amines is 1. The number of H-pyrrole nitrogens is 1. The maximum absolute atomic E-state index is 15.5. The van der Waals surface area contributed by atoms with E-state index in [0.717, 1.165) is 120 Å². The molecule has 464 valence electrons. The molecule has 5 aliphatic heterocycles. The van der Waals surface area contributed by atoms with E-state index in [1.54, 1.807) is 30.6 Å². The van der Waals surface area contributed by atoms with Gasteiger partial charge in [0, 0.05) is 102 Å². The molecule has 4 aromatic heterocycles. The van der Waals surface area contributed by atoms with Crippen molar-refractivity contribution in [1.82, 2.24) is 29.5 Å². The second-order valence-corrected chi connectivity index (χ2v) is 28.1. The summed E-state index contributed by atoms with van der Waals surface area (Å²) in [7, 11) is -2.98. The number of fused-ring (bicyclic) bond motifs is 3. The minimum Gasteiger partial charge on any atom is -0.493 e. The molecule has 4 saturated heterocycles. The van der Waals surface area contributed by atoms with Gasteiger partial charge in [-0.3, -0.25) is 24.7 Å². The summed E-state index contributed by atoms with van der Waals surface area (Å²) in [6.07, 6.45) is 10.0. The molecule has 6 aromatic rings. The average molecular weight is 1230 g/mol. The van der Waals surface area contributed by atoms with Gasteiger partial charge in [0.15, 0.2) is 11.6 Å².